The maximum atomic E-state index is 12.7. The molecule has 0 bridgehead atoms. The van der Waals surface area contributed by atoms with Crippen LogP contribution in [0.15, 0.2) is 24.4 Å². The summed E-state index contributed by atoms with van der Waals surface area (Å²) in [6.07, 6.45) is 7.07. The molecule has 0 spiro atoms. The second-order valence-corrected chi connectivity index (χ2v) is 9.12. The van der Waals surface area contributed by atoms with Gasteiger partial charge in [-0.25, -0.2) is 4.98 Å². The molecule has 3 fully saturated rings. The number of hydrogen-bond acceptors (Lipinski definition) is 5. The molecule has 1 aromatic rings. The van der Waals surface area contributed by atoms with E-state index in [1.807, 2.05) is 23.2 Å². The number of anilines is 1. The number of piperazine rings is 1. The zero-order chi connectivity index (χ0) is 20.9. The van der Waals surface area contributed by atoms with Gasteiger partial charge in [0.2, 0.25) is 5.91 Å². The highest BCUT2D eigenvalue weighted by Crippen LogP contribution is 2.34. The molecule has 0 aromatic carbocycles. The summed E-state index contributed by atoms with van der Waals surface area (Å²) >= 11 is 0. The molecule has 1 saturated carbocycles. The zero-order valence-corrected chi connectivity index (χ0v) is 17.8. The molecule has 164 valence electrons. The number of amides is 1. The summed E-state index contributed by atoms with van der Waals surface area (Å²) in [4.78, 5) is 35.4. The fourth-order valence-electron chi connectivity index (χ4n) is 5.10. The van der Waals surface area contributed by atoms with Crippen molar-refractivity contribution in [3.8, 4) is 0 Å². The molecular formula is C23H34N4O3. The van der Waals surface area contributed by atoms with Gasteiger partial charge in [0.05, 0.1) is 0 Å². The van der Waals surface area contributed by atoms with Gasteiger partial charge in [-0.2, -0.15) is 0 Å². The molecule has 4 rings (SSSR count). The van der Waals surface area contributed by atoms with Gasteiger partial charge >= 0.3 is 5.97 Å². The average molecular weight is 415 g/mol. The molecule has 1 aliphatic carbocycles. The van der Waals surface area contributed by atoms with E-state index >= 15 is 0 Å². The number of likely N-dealkylation sites (tertiary alicyclic amines) is 1. The Balaban J connectivity index is 1.29. The summed E-state index contributed by atoms with van der Waals surface area (Å²) in [6, 6.07) is 6.02. The van der Waals surface area contributed by atoms with Crippen LogP contribution in [0.1, 0.15) is 38.5 Å². The lowest BCUT2D eigenvalue weighted by Gasteiger charge is -2.42. The van der Waals surface area contributed by atoms with Crippen LogP contribution in [0, 0.1) is 17.8 Å². The predicted molar refractivity (Wildman–Crippen MR) is 115 cm³/mol. The number of hydrogen-bond donors (Lipinski definition) is 1. The predicted octanol–water partition coefficient (Wildman–Crippen LogP) is 2.33. The largest absolute Gasteiger partial charge is 0.481 e. The highest BCUT2D eigenvalue weighted by atomic mass is 16.4. The van der Waals surface area contributed by atoms with Crippen molar-refractivity contribution in [3.63, 3.8) is 0 Å². The maximum absolute atomic E-state index is 12.7. The fraction of sp³-hybridized carbons (Fsp3) is 0.696. The molecule has 7 heteroatoms. The molecule has 1 amide bonds. The number of carbonyl (C=O) groups is 2. The minimum Gasteiger partial charge on any atom is -0.481 e. The van der Waals surface area contributed by atoms with Crippen molar-refractivity contribution in [2.75, 3.05) is 50.7 Å². The summed E-state index contributed by atoms with van der Waals surface area (Å²) in [5.41, 5.74) is 0. The highest BCUT2D eigenvalue weighted by Gasteiger charge is 2.36. The molecule has 1 N–H and O–H groups in total. The third kappa shape index (κ3) is 5.12. The number of nitrogens with zero attached hydrogens (tertiary/aromatic N) is 4. The molecule has 3 aliphatic rings. The number of pyridine rings is 1. The van der Waals surface area contributed by atoms with E-state index in [0.29, 0.717) is 5.91 Å². The van der Waals surface area contributed by atoms with E-state index in [1.165, 1.54) is 6.42 Å². The molecule has 2 aliphatic heterocycles. The smallest absolute Gasteiger partial charge is 0.303 e. The summed E-state index contributed by atoms with van der Waals surface area (Å²) < 4.78 is 0. The van der Waals surface area contributed by atoms with Crippen LogP contribution in [0.2, 0.25) is 0 Å². The highest BCUT2D eigenvalue weighted by molar-refractivity contribution is 5.79. The number of piperidine rings is 1. The Hall–Kier alpha value is -2.15. The molecule has 2 saturated heterocycles. The van der Waals surface area contributed by atoms with Crippen LogP contribution in [0.25, 0.3) is 0 Å². The lowest BCUT2D eigenvalue weighted by atomic mass is 9.79. The van der Waals surface area contributed by atoms with Crippen LogP contribution < -0.4 is 4.90 Å². The van der Waals surface area contributed by atoms with Gasteiger partial charge in [0.15, 0.2) is 0 Å². The standard InChI is InChI=1S/C23H34N4O3/c28-22(29)16-19-8-11-27(23(30)18-4-3-5-18)17-20(19)7-10-25-12-14-26(15-13-25)21-6-1-2-9-24-21/h1-2,6,9,18-20H,3-5,7-8,10-17H2,(H,28,29)/t19-,20+/m0/s1. The van der Waals surface area contributed by atoms with Crippen molar-refractivity contribution >= 4 is 17.7 Å². The van der Waals surface area contributed by atoms with E-state index in [9.17, 15) is 14.7 Å². The van der Waals surface area contributed by atoms with Crippen molar-refractivity contribution in [1.82, 2.24) is 14.8 Å². The van der Waals surface area contributed by atoms with Crippen molar-refractivity contribution in [3.05, 3.63) is 24.4 Å². The lowest BCUT2D eigenvalue weighted by Crippen LogP contribution is -2.50. The molecule has 0 radical (unpaired) electrons. The van der Waals surface area contributed by atoms with Crippen LogP contribution in [-0.2, 0) is 9.59 Å². The first kappa shape index (κ1) is 21.1. The van der Waals surface area contributed by atoms with Gasteiger partial charge in [-0.3, -0.25) is 14.5 Å². The summed E-state index contributed by atoms with van der Waals surface area (Å²) in [6.45, 7) is 6.37. The van der Waals surface area contributed by atoms with Gasteiger partial charge in [0.1, 0.15) is 5.82 Å². The first-order valence-electron chi connectivity index (χ1n) is 11.5. The molecule has 0 unspecified atom stereocenters. The van der Waals surface area contributed by atoms with E-state index < -0.39 is 5.97 Å². The van der Waals surface area contributed by atoms with Crippen molar-refractivity contribution in [2.45, 2.75) is 38.5 Å². The lowest BCUT2D eigenvalue weighted by molar-refractivity contribution is -0.142. The van der Waals surface area contributed by atoms with Crippen LogP contribution in [0.4, 0.5) is 5.82 Å². The Morgan fingerprint density at radius 2 is 1.83 bits per heavy atom. The van der Waals surface area contributed by atoms with E-state index in [-0.39, 0.29) is 24.2 Å². The Morgan fingerprint density at radius 3 is 2.47 bits per heavy atom. The van der Waals surface area contributed by atoms with Gasteiger partial charge in [-0.05, 0) is 56.2 Å². The van der Waals surface area contributed by atoms with E-state index in [2.05, 4.69) is 20.9 Å². The zero-order valence-electron chi connectivity index (χ0n) is 17.8. The Morgan fingerprint density at radius 1 is 1.03 bits per heavy atom. The normalized spacial score (nSPS) is 25.7. The fourth-order valence-corrected chi connectivity index (χ4v) is 5.10. The van der Waals surface area contributed by atoms with Crippen molar-refractivity contribution in [1.29, 1.82) is 0 Å². The summed E-state index contributed by atoms with van der Waals surface area (Å²) in [5.74, 6) is 1.32. The first-order chi connectivity index (χ1) is 14.6. The van der Waals surface area contributed by atoms with Crippen LogP contribution in [-0.4, -0.2) is 77.6 Å². The van der Waals surface area contributed by atoms with Crippen LogP contribution >= 0.6 is 0 Å². The number of aliphatic carboxylic acids is 1. The number of rotatable bonds is 7. The summed E-state index contributed by atoms with van der Waals surface area (Å²) in [7, 11) is 0. The van der Waals surface area contributed by atoms with Crippen LogP contribution in [0.3, 0.4) is 0 Å². The molecule has 3 heterocycles. The minimum atomic E-state index is -0.715. The Kier molecular flexibility index (Phi) is 6.87. The molecule has 7 nitrogen and oxygen atoms in total. The Labute approximate surface area is 179 Å². The monoisotopic (exact) mass is 414 g/mol. The SMILES string of the molecule is O=C(O)C[C@@H]1CCN(C(=O)C2CCC2)C[C@H]1CCN1CCN(c2ccccn2)CC1. The number of carboxylic acid groups (broad SMARTS) is 1. The first-order valence-corrected chi connectivity index (χ1v) is 11.5. The van der Waals surface area contributed by atoms with Gasteiger partial charge in [0.25, 0.3) is 0 Å². The minimum absolute atomic E-state index is 0.183. The van der Waals surface area contributed by atoms with Crippen molar-refractivity contribution < 1.29 is 14.7 Å². The number of carboxylic acids is 1. The second kappa shape index (κ2) is 9.77. The van der Waals surface area contributed by atoms with E-state index in [0.717, 1.165) is 77.3 Å². The maximum Gasteiger partial charge on any atom is 0.303 e. The van der Waals surface area contributed by atoms with Gasteiger partial charge in [-0.15, -0.1) is 0 Å². The van der Waals surface area contributed by atoms with Gasteiger partial charge in [-0.1, -0.05) is 12.5 Å². The Bertz CT molecular complexity index is 716. The topological polar surface area (TPSA) is 77.0 Å². The number of aromatic nitrogens is 1. The molecule has 1 aromatic heterocycles. The van der Waals surface area contributed by atoms with Crippen molar-refractivity contribution in [2.24, 2.45) is 17.8 Å². The molecule has 30 heavy (non-hydrogen) atoms. The van der Waals surface area contributed by atoms with Gasteiger partial charge < -0.3 is 14.9 Å². The number of carbonyl (C=O) groups excluding carboxylic acids is 1. The third-order valence-electron chi connectivity index (χ3n) is 7.26. The second-order valence-electron chi connectivity index (χ2n) is 9.12. The summed E-state index contributed by atoms with van der Waals surface area (Å²) in [5, 5.41) is 9.35. The van der Waals surface area contributed by atoms with E-state index in [4.69, 9.17) is 0 Å². The van der Waals surface area contributed by atoms with Gasteiger partial charge in [0, 0.05) is 57.8 Å². The van der Waals surface area contributed by atoms with Crippen LogP contribution in [0.5, 0.6) is 0 Å². The molecule has 2 atom stereocenters. The average Bonchev–Trinajstić information content (AvgIpc) is 2.72. The molecular weight excluding hydrogens is 380 g/mol. The third-order valence-corrected chi connectivity index (χ3v) is 7.26. The van der Waals surface area contributed by atoms with E-state index in [1.54, 1.807) is 0 Å². The quantitative estimate of drug-likeness (QED) is 0.738.